The fourth-order valence-corrected chi connectivity index (χ4v) is 4.16. The highest BCUT2D eigenvalue weighted by Gasteiger charge is 2.13. The molecular weight excluding hydrogens is 454 g/mol. The van der Waals surface area contributed by atoms with Crippen LogP contribution in [0.25, 0.3) is 11.3 Å². The molecule has 0 unspecified atom stereocenters. The lowest BCUT2D eigenvalue weighted by Crippen LogP contribution is -2.12. The van der Waals surface area contributed by atoms with Crippen molar-refractivity contribution < 1.29 is 9.53 Å². The van der Waals surface area contributed by atoms with Gasteiger partial charge in [0.2, 0.25) is 5.13 Å². The number of aromatic nitrogens is 1. The van der Waals surface area contributed by atoms with E-state index in [-0.39, 0.29) is 5.97 Å². The molecule has 0 bridgehead atoms. The Balaban J connectivity index is 1.42. The highest BCUT2D eigenvalue weighted by molar-refractivity contribution is 7.14. The molecule has 0 N–H and O–H groups in total. The number of benzene rings is 3. The molecule has 4 rings (SSSR count). The minimum absolute atomic E-state index is 0.318. The summed E-state index contributed by atoms with van der Waals surface area (Å²) in [5, 5.41) is 9.46. The maximum Gasteiger partial charge on any atom is 0.338 e. The molecule has 0 saturated carbocycles. The molecule has 5 nitrogen and oxygen atoms in total. The Hall–Kier alpha value is -3.48. The number of rotatable bonds is 8. The molecule has 166 valence electrons. The number of hydrogen-bond donors (Lipinski definition) is 0. The highest BCUT2D eigenvalue weighted by Crippen LogP contribution is 2.31. The average Bonchev–Trinajstić information content (AvgIpc) is 3.34. The van der Waals surface area contributed by atoms with Crippen molar-refractivity contribution in [1.82, 2.24) is 4.98 Å². The molecule has 0 fully saturated rings. The zero-order valence-electron chi connectivity index (χ0n) is 18.0. The zero-order chi connectivity index (χ0) is 23.0. The maximum absolute atomic E-state index is 12.6. The Morgan fingerprint density at radius 2 is 1.79 bits per heavy atom. The normalized spacial score (nSPS) is 11.0. The van der Waals surface area contributed by atoms with Crippen molar-refractivity contribution in [2.24, 2.45) is 5.10 Å². The number of esters is 1. The van der Waals surface area contributed by atoms with E-state index in [1.165, 1.54) is 11.3 Å². The molecule has 0 saturated heterocycles. The van der Waals surface area contributed by atoms with Crippen LogP contribution in [0.15, 0.2) is 89.3 Å². The topological polar surface area (TPSA) is 54.8 Å². The van der Waals surface area contributed by atoms with E-state index >= 15 is 0 Å². The lowest BCUT2D eigenvalue weighted by molar-refractivity contribution is 0.0509. The second-order valence-corrected chi connectivity index (χ2v) is 8.47. The summed E-state index contributed by atoms with van der Waals surface area (Å²) in [6.45, 7) is 0.318. The largest absolute Gasteiger partial charge is 0.462 e. The molecule has 7 heteroatoms. The van der Waals surface area contributed by atoms with E-state index in [1.807, 2.05) is 85.2 Å². The first-order valence-electron chi connectivity index (χ1n) is 10.4. The fraction of sp³-hybridized carbons (Fsp3) is 0.115. The number of hydrogen-bond acceptors (Lipinski definition) is 6. The van der Waals surface area contributed by atoms with E-state index in [0.717, 1.165) is 16.8 Å². The van der Waals surface area contributed by atoms with Crippen LogP contribution in [0.4, 0.5) is 5.13 Å². The molecule has 0 spiro atoms. The maximum atomic E-state index is 12.6. The molecule has 3 aromatic carbocycles. The van der Waals surface area contributed by atoms with Gasteiger partial charge in [-0.15, -0.1) is 11.3 Å². The van der Waals surface area contributed by atoms with Gasteiger partial charge in [0, 0.05) is 35.0 Å². The summed E-state index contributed by atoms with van der Waals surface area (Å²) in [7, 11) is 1.81. The third-order valence-electron chi connectivity index (χ3n) is 4.94. The van der Waals surface area contributed by atoms with Gasteiger partial charge in [0.25, 0.3) is 0 Å². The van der Waals surface area contributed by atoms with Gasteiger partial charge in [-0.3, -0.25) is 0 Å². The lowest BCUT2D eigenvalue weighted by Gasteiger charge is -2.10. The number of carbonyl (C=O) groups is 1. The highest BCUT2D eigenvalue weighted by atomic mass is 35.5. The summed E-state index contributed by atoms with van der Waals surface area (Å²) >= 11 is 7.75. The minimum atomic E-state index is -0.370. The molecule has 1 aromatic heterocycles. The van der Waals surface area contributed by atoms with Gasteiger partial charge in [-0.2, -0.15) is 5.10 Å². The second kappa shape index (κ2) is 10.9. The third-order valence-corrected chi connectivity index (χ3v) is 6.17. The van der Waals surface area contributed by atoms with Gasteiger partial charge < -0.3 is 4.74 Å². The first-order chi connectivity index (χ1) is 16.1. The van der Waals surface area contributed by atoms with Crippen LogP contribution in [0.2, 0.25) is 5.02 Å². The molecule has 0 aliphatic carbocycles. The Morgan fingerprint density at radius 1 is 1.06 bits per heavy atom. The van der Waals surface area contributed by atoms with Crippen molar-refractivity contribution in [1.29, 1.82) is 0 Å². The molecule has 0 amide bonds. The van der Waals surface area contributed by atoms with E-state index in [2.05, 4.69) is 10.1 Å². The van der Waals surface area contributed by atoms with Crippen LogP contribution in [0.3, 0.4) is 0 Å². The Kier molecular flexibility index (Phi) is 7.50. The quantitative estimate of drug-likeness (QED) is 0.170. The summed E-state index contributed by atoms with van der Waals surface area (Å²) in [4.78, 5) is 17.3. The number of thiazole rings is 1. The number of hydrazone groups is 1. The molecular formula is C26H22ClN3O2S. The summed E-state index contributed by atoms with van der Waals surface area (Å²) in [6.07, 6.45) is 2.31. The van der Waals surface area contributed by atoms with Gasteiger partial charge in [0.1, 0.15) is 0 Å². The summed E-state index contributed by atoms with van der Waals surface area (Å²) in [5.41, 5.74) is 3.95. The number of nitrogens with zero attached hydrogens (tertiary/aromatic N) is 3. The SMILES string of the molecule is CN(/N=C/c1ccccc1C(=O)OCCc1ccccc1)c1nc(-c2ccccc2Cl)cs1. The van der Waals surface area contributed by atoms with Gasteiger partial charge in [-0.1, -0.05) is 78.3 Å². The van der Waals surface area contributed by atoms with Crippen LogP contribution < -0.4 is 5.01 Å². The van der Waals surface area contributed by atoms with Gasteiger partial charge in [0.15, 0.2) is 0 Å². The van der Waals surface area contributed by atoms with Crippen LogP contribution in [0, 0.1) is 0 Å². The first-order valence-corrected chi connectivity index (χ1v) is 11.7. The average molecular weight is 476 g/mol. The fourth-order valence-electron chi connectivity index (χ4n) is 3.18. The van der Waals surface area contributed by atoms with Crippen molar-refractivity contribution in [2.75, 3.05) is 18.7 Å². The van der Waals surface area contributed by atoms with Crippen molar-refractivity contribution in [3.05, 3.63) is 106 Å². The zero-order valence-corrected chi connectivity index (χ0v) is 19.6. The second-order valence-electron chi connectivity index (χ2n) is 7.22. The van der Waals surface area contributed by atoms with Crippen LogP contribution in [-0.4, -0.2) is 30.8 Å². The summed E-state index contributed by atoms with van der Waals surface area (Å²) in [6, 6.07) is 24.8. The summed E-state index contributed by atoms with van der Waals surface area (Å²) in [5.74, 6) is -0.370. The minimum Gasteiger partial charge on any atom is -0.462 e. The van der Waals surface area contributed by atoms with Crippen LogP contribution in [0.5, 0.6) is 0 Å². The number of halogens is 1. The van der Waals surface area contributed by atoms with E-state index in [4.69, 9.17) is 16.3 Å². The molecule has 0 atom stereocenters. The summed E-state index contributed by atoms with van der Waals surface area (Å²) < 4.78 is 5.49. The monoisotopic (exact) mass is 475 g/mol. The number of anilines is 1. The van der Waals surface area contributed by atoms with Crippen LogP contribution in [-0.2, 0) is 11.2 Å². The van der Waals surface area contributed by atoms with Gasteiger partial charge in [0.05, 0.1) is 24.1 Å². The predicted octanol–water partition coefficient (Wildman–Crippen LogP) is 6.33. The van der Waals surface area contributed by atoms with Crippen LogP contribution >= 0.6 is 22.9 Å². The van der Waals surface area contributed by atoms with E-state index in [9.17, 15) is 4.79 Å². The van der Waals surface area contributed by atoms with Crippen molar-refractivity contribution in [3.8, 4) is 11.3 Å². The van der Waals surface area contributed by atoms with Gasteiger partial charge in [-0.05, 0) is 17.7 Å². The van der Waals surface area contributed by atoms with E-state index in [1.54, 1.807) is 17.3 Å². The van der Waals surface area contributed by atoms with Crippen molar-refractivity contribution in [3.63, 3.8) is 0 Å². The predicted molar refractivity (Wildman–Crippen MR) is 135 cm³/mol. The Labute approximate surface area is 201 Å². The standard InChI is InChI=1S/C26H22ClN3O2S/c1-30(26-29-24(18-33-26)22-13-7-8-14-23(22)27)28-17-20-11-5-6-12-21(20)25(31)32-16-15-19-9-3-2-4-10-19/h2-14,17-18H,15-16H2,1H3/b28-17+. The molecule has 0 aliphatic heterocycles. The molecule has 0 aliphatic rings. The van der Waals surface area contributed by atoms with Crippen molar-refractivity contribution in [2.45, 2.75) is 6.42 Å². The molecule has 4 aromatic rings. The third kappa shape index (κ3) is 5.86. The molecule has 1 heterocycles. The first kappa shape index (κ1) is 22.7. The lowest BCUT2D eigenvalue weighted by atomic mass is 10.1. The smallest absolute Gasteiger partial charge is 0.338 e. The van der Waals surface area contributed by atoms with E-state index in [0.29, 0.717) is 34.3 Å². The number of carbonyl (C=O) groups excluding carboxylic acids is 1. The molecule has 33 heavy (non-hydrogen) atoms. The Bertz CT molecular complexity index is 1260. The van der Waals surface area contributed by atoms with E-state index < -0.39 is 0 Å². The number of ether oxygens (including phenoxy) is 1. The van der Waals surface area contributed by atoms with Crippen LogP contribution in [0.1, 0.15) is 21.5 Å². The molecule has 0 radical (unpaired) electrons. The van der Waals surface area contributed by atoms with Gasteiger partial charge >= 0.3 is 5.97 Å². The van der Waals surface area contributed by atoms with Gasteiger partial charge in [-0.25, -0.2) is 14.8 Å². The van der Waals surface area contributed by atoms with Crippen molar-refractivity contribution >= 4 is 40.3 Å². The Morgan fingerprint density at radius 3 is 2.61 bits per heavy atom.